The van der Waals surface area contributed by atoms with Crippen LogP contribution in [0.5, 0.6) is 0 Å². The summed E-state index contributed by atoms with van der Waals surface area (Å²) >= 11 is 0. The maximum atomic E-state index is 9.28. The number of benzene rings is 1. The number of rotatable bonds is 3. The average molecular weight is 267 g/mol. The van der Waals surface area contributed by atoms with Crippen molar-refractivity contribution < 1.29 is 4.74 Å². The molecule has 2 unspecified atom stereocenters. The van der Waals surface area contributed by atoms with Crippen LogP contribution in [-0.4, -0.2) is 24.2 Å². The highest BCUT2D eigenvalue weighted by Gasteiger charge is 2.22. The molecule has 1 aliphatic heterocycles. The molecule has 1 aromatic heterocycles. The van der Waals surface area contributed by atoms with Gasteiger partial charge in [-0.3, -0.25) is 0 Å². The SMILES string of the molecule is CC(Nc1cc(C#N)c2ccccc2n1)C1CCOC1. The van der Waals surface area contributed by atoms with Gasteiger partial charge in [-0.2, -0.15) is 5.26 Å². The van der Waals surface area contributed by atoms with E-state index in [9.17, 15) is 5.26 Å². The van der Waals surface area contributed by atoms with Crippen molar-refractivity contribution in [2.45, 2.75) is 19.4 Å². The smallest absolute Gasteiger partial charge is 0.128 e. The summed E-state index contributed by atoms with van der Waals surface area (Å²) in [5.41, 5.74) is 1.51. The van der Waals surface area contributed by atoms with E-state index in [4.69, 9.17) is 4.74 Å². The van der Waals surface area contributed by atoms with Crippen LogP contribution >= 0.6 is 0 Å². The lowest BCUT2D eigenvalue weighted by Gasteiger charge is -2.20. The molecule has 2 atom stereocenters. The van der Waals surface area contributed by atoms with Crippen LogP contribution in [0.2, 0.25) is 0 Å². The third kappa shape index (κ3) is 2.45. The minimum atomic E-state index is 0.290. The highest BCUT2D eigenvalue weighted by atomic mass is 16.5. The predicted molar refractivity (Wildman–Crippen MR) is 78.5 cm³/mol. The number of nitrogens with one attached hydrogen (secondary N) is 1. The number of nitrogens with zero attached hydrogens (tertiary/aromatic N) is 2. The Balaban J connectivity index is 1.90. The zero-order valence-electron chi connectivity index (χ0n) is 11.5. The maximum Gasteiger partial charge on any atom is 0.128 e. The fourth-order valence-electron chi connectivity index (χ4n) is 2.64. The van der Waals surface area contributed by atoms with Gasteiger partial charge in [0.2, 0.25) is 0 Å². The Morgan fingerprint density at radius 2 is 2.30 bits per heavy atom. The maximum absolute atomic E-state index is 9.28. The van der Waals surface area contributed by atoms with Crippen molar-refractivity contribution in [3.8, 4) is 6.07 Å². The van der Waals surface area contributed by atoms with E-state index in [1.54, 1.807) is 0 Å². The first-order valence-corrected chi connectivity index (χ1v) is 6.92. The van der Waals surface area contributed by atoms with Crippen LogP contribution in [0.15, 0.2) is 30.3 Å². The van der Waals surface area contributed by atoms with Crippen LogP contribution in [-0.2, 0) is 4.74 Å². The Bertz CT molecular complexity index is 656. The van der Waals surface area contributed by atoms with Crippen LogP contribution in [0.25, 0.3) is 10.9 Å². The van der Waals surface area contributed by atoms with Gasteiger partial charge in [0.05, 0.1) is 23.8 Å². The lowest BCUT2D eigenvalue weighted by Crippen LogP contribution is -2.26. The van der Waals surface area contributed by atoms with E-state index in [-0.39, 0.29) is 6.04 Å². The minimum Gasteiger partial charge on any atom is -0.381 e. The van der Waals surface area contributed by atoms with Crippen molar-refractivity contribution in [3.63, 3.8) is 0 Å². The summed E-state index contributed by atoms with van der Waals surface area (Å²) in [6.07, 6.45) is 1.08. The molecule has 0 aliphatic carbocycles. The van der Waals surface area contributed by atoms with Crippen LogP contribution in [0.3, 0.4) is 0 Å². The summed E-state index contributed by atoms with van der Waals surface area (Å²) in [4.78, 5) is 4.59. The summed E-state index contributed by atoms with van der Waals surface area (Å²) in [6, 6.07) is 12.1. The van der Waals surface area contributed by atoms with E-state index in [2.05, 4.69) is 23.3 Å². The molecule has 0 saturated carbocycles. The third-order valence-corrected chi connectivity index (χ3v) is 3.88. The fraction of sp³-hybridized carbons (Fsp3) is 0.375. The molecule has 2 aromatic rings. The highest BCUT2D eigenvalue weighted by molar-refractivity contribution is 5.86. The first-order chi connectivity index (χ1) is 9.78. The third-order valence-electron chi connectivity index (χ3n) is 3.88. The lowest BCUT2D eigenvalue weighted by molar-refractivity contribution is 0.183. The summed E-state index contributed by atoms with van der Waals surface area (Å²) in [7, 11) is 0. The lowest BCUT2D eigenvalue weighted by atomic mass is 10.0. The molecule has 1 saturated heterocycles. The largest absolute Gasteiger partial charge is 0.381 e. The number of hydrogen-bond donors (Lipinski definition) is 1. The average Bonchev–Trinajstić information content (AvgIpc) is 3.00. The van der Waals surface area contributed by atoms with E-state index in [0.29, 0.717) is 11.5 Å². The number of hydrogen-bond acceptors (Lipinski definition) is 4. The molecular formula is C16H17N3O. The van der Waals surface area contributed by atoms with Gasteiger partial charge in [-0.1, -0.05) is 18.2 Å². The zero-order chi connectivity index (χ0) is 13.9. The number of aromatic nitrogens is 1. The first kappa shape index (κ1) is 12.9. The zero-order valence-corrected chi connectivity index (χ0v) is 11.5. The molecule has 1 aromatic carbocycles. The molecule has 1 aliphatic rings. The first-order valence-electron chi connectivity index (χ1n) is 6.92. The van der Waals surface area contributed by atoms with E-state index < -0.39 is 0 Å². The Morgan fingerprint density at radius 1 is 1.45 bits per heavy atom. The Morgan fingerprint density at radius 3 is 3.05 bits per heavy atom. The minimum absolute atomic E-state index is 0.290. The quantitative estimate of drug-likeness (QED) is 0.929. The molecule has 0 amide bonds. The monoisotopic (exact) mass is 267 g/mol. The number of anilines is 1. The van der Waals surface area contributed by atoms with Gasteiger partial charge in [0.25, 0.3) is 0 Å². The summed E-state index contributed by atoms with van der Waals surface area (Å²) in [6.45, 7) is 3.78. The molecule has 1 fully saturated rings. The second kappa shape index (κ2) is 5.48. The fourth-order valence-corrected chi connectivity index (χ4v) is 2.64. The van der Waals surface area contributed by atoms with Gasteiger partial charge >= 0.3 is 0 Å². The van der Waals surface area contributed by atoms with Gasteiger partial charge < -0.3 is 10.1 Å². The molecule has 4 nitrogen and oxygen atoms in total. The van der Waals surface area contributed by atoms with Crippen LogP contribution in [0.4, 0.5) is 5.82 Å². The number of ether oxygens (including phenoxy) is 1. The molecule has 0 bridgehead atoms. The van der Waals surface area contributed by atoms with Crippen LogP contribution in [0.1, 0.15) is 18.9 Å². The number of nitriles is 1. The Labute approximate surface area is 118 Å². The molecule has 1 N–H and O–H groups in total. The topological polar surface area (TPSA) is 57.9 Å². The Hall–Kier alpha value is -2.12. The second-order valence-corrected chi connectivity index (χ2v) is 5.24. The molecule has 20 heavy (non-hydrogen) atoms. The van der Waals surface area contributed by atoms with Crippen molar-refractivity contribution in [2.24, 2.45) is 5.92 Å². The van der Waals surface area contributed by atoms with Crippen molar-refractivity contribution in [1.29, 1.82) is 5.26 Å². The Kier molecular flexibility index (Phi) is 3.53. The van der Waals surface area contributed by atoms with E-state index in [0.717, 1.165) is 36.4 Å². The molecule has 3 rings (SSSR count). The molecule has 0 radical (unpaired) electrons. The number of para-hydroxylation sites is 1. The number of pyridine rings is 1. The van der Waals surface area contributed by atoms with E-state index in [1.807, 2.05) is 30.3 Å². The molecule has 102 valence electrons. The van der Waals surface area contributed by atoms with Crippen molar-refractivity contribution in [3.05, 3.63) is 35.9 Å². The normalized spacial score (nSPS) is 19.7. The predicted octanol–water partition coefficient (Wildman–Crippen LogP) is 2.94. The van der Waals surface area contributed by atoms with Crippen LogP contribution in [0, 0.1) is 17.2 Å². The van der Waals surface area contributed by atoms with Crippen LogP contribution < -0.4 is 5.32 Å². The van der Waals surface area contributed by atoms with Gasteiger partial charge in [0, 0.05) is 24.0 Å². The summed E-state index contributed by atoms with van der Waals surface area (Å²) in [5, 5.41) is 13.6. The van der Waals surface area contributed by atoms with Gasteiger partial charge in [-0.15, -0.1) is 0 Å². The van der Waals surface area contributed by atoms with Gasteiger partial charge in [0.15, 0.2) is 0 Å². The summed E-state index contributed by atoms with van der Waals surface area (Å²) < 4.78 is 5.42. The summed E-state index contributed by atoms with van der Waals surface area (Å²) in [5.74, 6) is 1.27. The molecule has 4 heteroatoms. The van der Waals surface area contributed by atoms with E-state index >= 15 is 0 Å². The molecule has 2 heterocycles. The highest BCUT2D eigenvalue weighted by Crippen LogP contribution is 2.23. The van der Waals surface area contributed by atoms with Crippen molar-refractivity contribution >= 4 is 16.7 Å². The van der Waals surface area contributed by atoms with E-state index in [1.165, 1.54) is 0 Å². The van der Waals surface area contributed by atoms with Gasteiger partial charge in [0.1, 0.15) is 5.82 Å². The van der Waals surface area contributed by atoms with Gasteiger partial charge in [-0.25, -0.2) is 4.98 Å². The molecule has 0 spiro atoms. The molecular weight excluding hydrogens is 250 g/mol. The second-order valence-electron chi connectivity index (χ2n) is 5.24. The van der Waals surface area contributed by atoms with Crippen molar-refractivity contribution in [1.82, 2.24) is 4.98 Å². The number of fused-ring (bicyclic) bond motifs is 1. The standard InChI is InChI=1S/C16H17N3O/c1-11(12-6-7-20-10-12)18-16-8-13(9-17)14-4-2-3-5-15(14)19-16/h2-5,8,11-12H,6-7,10H2,1H3,(H,18,19). The van der Waals surface area contributed by atoms with Crippen molar-refractivity contribution in [2.75, 3.05) is 18.5 Å². The van der Waals surface area contributed by atoms with Gasteiger partial charge in [-0.05, 0) is 25.5 Å².